The van der Waals surface area contributed by atoms with E-state index < -0.39 is 9.84 Å². The summed E-state index contributed by atoms with van der Waals surface area (Å²) < 4.78 is 24.5. The first kappa shape index (κ1) is 15.9. The summed E-state index contributed by atoms with van der Waals surface area (Å²) in [7, 11) is -3.04. The Morgan fingerprint density at radius 2 is 1.86 bits per heavy atom. The predicted octanol–water partition coefficient (Wildman–Crippen LogP) is 1.76. The van der Waals surface area contributed by atoms with E-state index in [1.165, 1.54) is 0 Å². The van der Waals surface area contributed by atoms with Crippen LogP contribution in [0.3, 0.4) is 0 Å². The summed E-state index contributed by atoms with van der Waals surface area (Å²) in [5.41, 5.74) is 0.605. The molecule has 1 fully saturated rings. The molecule has 2 rings (SSSR count). The van der Waals surface area contributed by atoms with Gasteiger partial charge in [0, 0.05) is 31.0 Å². The molecule has 0 spiro atoms. The highest BCUT2D eigenvalue weighted by atomic mass is 32.2. The molecule has 0 unspecified atom stereocenters. The van der Waals surface area contributed by atoms with Gasteiger partial charge in [-0.3, -0.25) is 9.78 Å². The van der Waals surface area contributed by atoms with Crippen molar-refractivity contribution < 1.29 is 13.2 Å². The predicted molar refractivity (Wildman–Crippen MR) is 81.8 cm³/mol. The lowest BCUT2D eigenvalue weighted by Gasteiger charge is -2.32. The molecular formula is C15H22N2O3S. The van der Waals surface area contributed by atoms with Crippen LogP contribution in [0, 0.1) is 5.92 Å². The van der Waals surface area contributed by atoms with Crippen LogP contribution in [-0.4, -0.2) is 48.3 Å². The molecule has 0 radical (unpaired) electrons. The van der Waals surface area contributed by atoms with Crippen molar-refractivity contribution in [3.05, 3.63) is 30.1 Å². The molecule has 0 saturated carbocycles. The Kier molecular flexibility index (Phi) is 4.98. The number of piperidine rings is 1. The summed E-state index contributed by atoms with van der Waals surface area (Å²) >= 11 is 0. The second kappa shape index (κ2) is 6.56. The summed E-state index contributed by atoms with van der Waals surface area (Å²) in [5.74, 6) is 0.333. The average Bonchev–Trinajstić information content (AvgIpc) is 2.46. The van der Waals surface area contributed by atoms with Crippen LogP contribution in [0.5, 0.6) is 0 Å². The van der Waals surface area contributed by atoms with Gasteiger partial charge in [0.25, 0.3) is 5.91 Å². The summed E-state index contributed by atoms with van der Waals surface area (Å²) in [6.07, 6.45) is 4.25. The number of aromatic nitrogens is 1. The van der Waals surface area contributed by atoms with E-state index in [1.807, 2.05) is 13.8 Å². The highest BCUT2D eigenvalue weighted by molar-refractivity contribution is 7.92. The van der Waals surface area contributed by atoms with Crippen molar-refractivity contribution >= 4 is 15.7 Å². The highest BCUT2D eigenvalue weighted by Crippen LogP contribution is 2.21. The lowest BCUT2D eigenvalue weighted by Crippen LogP contribution is -2.43. The van der Waals surface area contributed by atoms with Crippen LogP contribution in [0.15, 0.2) is 24.5 Å². The number of pyridine rings is 1. The summed E-state index contributed by atoms with van der Waals surface area (Å²) in [5, 5.41) is -0.304. The highest BCUT2D eigenvalue weighted by Gasteiger charge is 2.32. The molecule has 1 aromatic rings. The number of nitrogens with zero attached hydrogens (tertiary/aromatic N) is 2. The third kappa shape index (κ3) is 4.03. The minimum atomic E-state index is -3.04. The van der Waals surface area contributed by atoms with Crippen molar-refractivity contribution in [2.45, 2.75) is 31.9 Å². The quantitative estimate of drug-likeness (QED) is 0.850. The maximum atomic E-state index is 12.3. The molecule has 0 atom stereocenters. The minimum Gasteiger partial charge on any atom is -0.339 e. The van der Waals surface area contributed by atoms with E-state index in [9.17, 15) is 13.2 Å². The minimum absolute atomic E-state index is 0.0443. The van der Waals surface area contributed by atoms with Gasteiger partial charge < -0.3 is 4.90 Å². The van der Waals surface area contributed by atoms with Gasteiger partial charge in [0.2, 0.25) is 0 Å². The standard InChI is InChI=1S/C15H22N2O3S/c1-12(2)11-21(19,20)14-5-9-17(10-6-14)15(18)13-3-7-16-8-4-13/h3-4,7-8,12,14H,5-6,9-11H2,1-2H3. The summed E-state index contributed by atoms with van der Waals surface area (Å²) in [4.78, 5) is 17.9. The first-order chi connectivity index (χ1) is 9.90. The fourth-order valence-corrected chi connectivity index (χ4v) is 4.83. The van der Waals surface area contributed by atoms with E-state index in [2.05, 4.69) is 4.98 Å². The Labute approximate surface area is 126 Å². The fraction of sp³-hybridized carbons (Fsp3) is 0.600. The van der Waals surface area contributed by atoms with Crippen molar-refractivity contribution in [1.29, 1.82) is 0 Å². The molecule has 21 heavy (non-hydrogen) atoms. The monoisotopic (exact) mass is 310 g/mol. The van der Waals surface area contributed by atoms with Gasteiger partial charge in [0.1, 0.15) is 0 Å². The molecule has 1 aliphatic rings. The first-order valence-electron chi connectivity index (χ1n) is 7.31. The Bertz CT molecular complexity index is 576. The van der Waals surface area contributed by atoms with E-state index in [-0.39, 0.29) is 22.8 Å². The first-order valence-corrected chi connectivity index (χ1v) is 9.02. The fourth-order valence-electron chi connectivity index (χ4n) is 2.70. The second-order valence-corrected chi connectivity index (χ2v) is 8.28. The van der Waals surface area contributed by atoms with Crippen molar-refractivity contribution in [3.63, 3.8) is 0 Å². The average molecular weight is 310 g/mol. The number of rotatable bonds is 4. The lowest BCUT2D eigenvalue weighted by molar-refractivity contribution is 0.0725. The Hall–Kier alpha value is -1.43. The SMILES string of the molecule is CC(C)CS(=O)(=O)C1CCN(C(=O)c2ccncc2)CC1. The number of hydrogen-bond donors (Lipinski definition) is 0. The van der Waals surface area contributed by atoms with Crippen LogP contribution in [-0.2, 0) is 9.84 Å². The van der Waals surface area contributed by atoms with E-state index in [0.29, 0.717) is 31.5 Å². The van der Waals surface area contributed by atoms with E-state index in [1.54, 1.807) is 29.4 Å². The topological polar surface area (TPSA) is 67.3 Å². The van der Waals surface area contributed by atoms with E-state index in [4.69, 9.17) is 0 Å². The molecule has 116 valence electrons. The van der Waals surface area contributed by atoms with Crippen molar-refractivity contribution in [2.75, 3.05) is 18.8 Å². The third-order valence-electron chi connectivity index (χ3n) is 3.73. The number of hydrogen-bond acceptors (Lipinski definition) is 4. The molecule has 1 aromatic heterocycles. The molecule has 0 N–H and O–H groups in total. The van der Waals surface area contributed by atoms with Crippen LogP contribution in [0.1, 0.15) is 37.0 Å². The van der Waals surface area contributed by atoms with Crippen molar-refractivity contribution in [2.24, 2.45) is 5.92 Å². The number of sulfone groups is 1. The van der Waals surface area contributed by atoms with Gasteiger partial charge >= 0.3 is 0 Å². The van der Waals surface area contributed by atoms with Crippen molar-refractivity contribution in [3.8, 4) is 0 Å². The Balaban J connectivity index is 1.96. The van der Waals surface area contributed by atoms with E-state index >= 15 is 0 Å². The molecule has 0 aromatic carbocycles. The normalized spacial score (nSPS) is 17.2. The van der Waals surface area contributed by atoms with Crippen LogP contribution in [0.2, 0.25) is 0 Å². The van der Waals surface area contributed by atoms with E-state index in [0.717, 1.165) is 0 Å². The summed E-state index contributed by atoms with van der Waals surface area (Å²) in [6.45, 7) is 4.84. The zero-order chi connectivity index (χ0) is 15.5. The van der Waals surface area contributed by atoms with Crippen LogP contribution in [0.4, 0.5) is 0 Å². The molecule has 1 saturated heterocycles. The second-order valence-electron chi connectivity index (χ2n) is 5.95. The van der Waals surface area contributed by atoms with Gasteiger partial charge in [-0.25, -0.2) is 8.42 Å². The number of carbonyl (C=O) groups is 1. The molecule has 0 bridgehead atoms. The summed E-state index contributed by atoms with van der Waals surface area (Å²) in [6, 6.07) is 3.37. The zero-order valence-electron chi connectivity index (χ0n) is 12.5. The van der Waals surface area contributed by atoms with Gasteiger partial charge in [0.15, 0.2) is 9.84 Å². The van der Waals surface area contributed by atoms with Crippen LogP contribution < -0.4 is 0 Å². The van der Waals surface area contributed by atoms with Gasteiger partial charge in [-0.1, -0.05) is 13.8 Å². The molecule has 1 amide bonds. The smallest absolute Gasteiger partial charge is 0.253 e. The molecule has 1 aliphatic heterocycles. The third-order valence-corrected chi connectivity index (χ3v) is 6.35. The largest absolute Gasteiger partial charge is 0.339 e. The van der Waals surface area contributed by atoms with Gasteiger partial charge in [-0.05, 0) is 30.9 Å². The van der Waals surface area contributed by atoms with Gasteiger partial charge in [-0.2, -0.15) is 0 Å². The molecule has 5 nitrogen and oxygen atoms in total. The Morgan fingerprint density at radius 3 is 2.38 bits per heavy atom. The maximum absolute atomic E-state index is 12.3. The molecule has 2 heterocycles. The van der Waals surface area contributed by atoms with Crippen molar-refractivity contribution in [1.82, 2.24) is 9.88 Å². The van der Waals surface area contributed by atoms with Crippen LogP contribution in [0.25, 0.3) is 0 Å². The molecular weight excluding hydrogens is 288 g/mol. The molecule has 6 heteroatoms. The number of likely N-dealkylation sites (tertiary alicyclic amines) is 1. The number of carbonyl (C=O) groups excluding carboxylic acids is 1. The number of amides is 1. The zero-order valence-corrected chi connectivity index (χ0v) is 13.3. The molecule has 0 aliphatic carbocycles. The van der Waals surface area contributed by atoms with Gasteiger partial charge in [-0.15, -0.1) is 0 Å². The maximum Gasteiger partial charge on any atom is 0.253 e. The lowest BCUT2D eigenvalue weighted by atomic mass is 10.1. The van der Waals surface area contributed by atoms with Gasteiger partial charge in [0.05, 0.1) is 11.0 Å². The van der Waals surface area contributed by atoms with Crippen LogP contribution >= 0.6 is 0 Å². The Morgan fingerprint density at radius 1 is 1.29 bits per heavy atom.